The van der Waals surface area contributed by atoms with E-state index >= 15 is 0 Å². The van der Waals surface area contributed by atoms with Crippen LogP contribution in [0.15, 0.2) is 6.33 Å². The van der Waals surface area contributed by atoms with Crippen molar-refractivity contribution in [3.63, 3.8) is 0 Å². The maximum absolute atomic E-state index is 8.90. The minimum Gasteiger partial charge on any atom is -0.358 e. The molecule has 0 saturated heterocycles. The monoisotopic (exact) mass is 260 g/mol. The first-order valence-electron chi connectivity index (χ1n) is 5.86. The third kappa shape index (κ3) is 2.16. The number of thiophene rings is 1. The Morgan fingerprint density at radius 2 is 2.17 bits per heavy atom. The van der Waals surface area contributed by atoms with E-state index in [-0.39, 0.29) is 5.92 Å². The van der Waals surface area contributed by atoms with Crippen LogP contribution in [-0.2, 0) is 0 Å². The van der Waals surface area contributed by atoms with E-state index in [4.69, 9.17) is 5.26 Å². The molecule has 5 heteroatoms. The van der Waals surface area contributed by atoms with Crippen molar-refractivity contribution >= 4 is 27.4 Å². The average molecular weight is 260 g/mol. The molecule has 2 heterocycles. The lowest BCUT2D eigenvalue weighted by atomic mass is 10.1. The van der Waals surface area contributed by atoms with Gasteiger partial charge in [0.2, 0.25) is 0 Å². The van der Waals surface area contributed by atoms with Crippen molar-refractivity contribution < 1.29 is 0 Å². The van der Waals surface area contributed by atoms with Gasteiger partial charge in [-0.05, 0) is 26.3 Å². The Morgan fingerprint density at radius 1 is 1.44 bits per heavy atom. The second-order valence-electron chi connectivity index (χ2n) is 4.57. The summed E-state index contributed by atoms with van der Waals surface area (Å²) in [6.07, 6.45) is 1.60. The first kappa shape index (κ1) is 12.8. The summed E-state index contributed by atoms with van der Waals surface area (Å²) >= 11 is 1.69. The molecule has 0 aliphatic rings. The number of anilines is 1. The SMILES string of the molecule is Cc1sc2ncnc(N(C)CC(C)C#N)c2c1C. The molecule has 0 aliphatic carbocycles. The third-order valence-electron chi connectivity index (χ3n) is 3.08. The highest BCUT2D eigenvalue weighted by Crippen LogP contribution is 2.33. The molecular formula is C13H16N4S. The predicted molar refractivity (Wildman–Crippen MR) is 74.9 cm³/mol. The van der Waals surface area contributed by atoms with Crippen molar-refractivity contribution in [3.8, 4) is 6.07 Å². The van der Waals surface area contributed by atoms with Gasteiger partial charge in [-0.25, -0.2) is 9.97 Å². The van der Waals surface area contributed by atoms with Gasteiger partial charge >= 0.3 is 0 Å². The number of aromatic nitrogens is 2. The molecule has 2 rings (SSSR count). The quantitative estimate of drug-likeness (QED) is 0.851. The van der Waals surface area contributed by atoms with E-state index in [1.54, 1.807) is 17.7 Å². The number of aryl methyl sites for hydroxylation is 2. The van der Waals surface area contributed by atoms with Gasteiger partial charge < -0.3 is 4.90 Å². The van der Waals surface area contributed by atoms with E-state index in [1.165, 1.54) is 10.4 Å². The molecule has 1 atom stereocenters. The fraction of sp³-hybridized carbons (Fsp3) is 0.462. The van der Waals surface area contributed by atoms with Crippen LogP contribution >= 0.6 is 11.3 Å². The molecule has 0 radical (unpaired) electrons. The van der Waals surface area contributed by atoms with E-state index in [1.807, 2.05) is 18.9 Å². The van der Waals surface area contributed by atoms with Gasteiger partial charge in [0.05, 0.1) is 17.4 Å². The summed E-state index contributed by atoms with van der Waals surface area (Å²) in [6.45, 7) is 6.80. The van der Waals surface area contributed by atoms with Crippen LogP contribution in [0.1, 0.15) is 17.4 Å². The van der Waals surface area contributed by atoms with E-state index in [0.29, 0.717) is 6.54 Å². The van der Waals surface area contributed by atoms with Gasteiger partial charge in [-0.3, -0.25) is 0 Å². The Balaban J connectivity index is 2.48. The molecule has 0 N–H and O–H groups in total. The summed E-state index contributed by atoms with van der Waals surface area (Å²) in [6, 6.07) is 2.25. The highest BCUT2D eigenvalue weighted by atomic mass is 32.1. The number of hydrogen-bond donors (Lipinski definition) is 0. The lowest BCUT2D eigenvalue weighted by Crippen LogP contribution is -2.24. The highest BCUT2D eigenvalue weighted by molar-refractivity contribution is 7.18. The van der Waals surface area contributed by atoms with Gasteiger partial charge in [0, 0.05) is 18.5 Å². The van der Waals surface area contributed by atoms with Crippen molar-refractivity contribution in [2.45, 2.75) is 20.8 Å². The summed E-state index contributed by atoms with van der Waals surface area (Å²) in [5, 5.41) is 10.0. The second kappa shape index (κ2) is 4.91. The summed E-state index contributed by atoms with van der Waals surface area (Å²) < 4.78 is 0. The van der Waals surface area contributed by atoms with Crippen LogP contribution in [0.25, 0.3) is 10.2 Å². The van der Waals surface area contributed by atoms with Gasteiger partial charge in [0.1, 0.15) is 17.0 Å². The van der Waals surface area contributed by atoms with Crippen LogP contribution in [-0.4, -0.2) is 23.6 Å². The molecule has 2 aromatic rings. The molecular weight excluding hydrogens is 244 g/mol. The van der Waals surface area contributed by atoms with Gasteiger partial charge in [-0.1, -0.05) is 0 Å². The van der Waals surface area contributed by atoms with Gasteiger partial charge in [0.15, 0.2) is 0 Å². The van der Waals surface area contributed by atoms with E-state index in [0.717, 1.165) is 16.0 Å². The molecule has 0 saturated carbocycles. The van der Waals surface area contributed by atoms with Crippen LogP contribution in [0.5, 0.6) is 0 Å². The Morgan fingerprint density at radius 3 is 2.83 bits per heavy atom. The van der Waals surface area contributed by atoms with Crippen molar-refractivity contribution in [2.24, 2.45) is 5.92 Å². The molecule has 0 aromatic carbocycles. The molecule has 2 aromatic heterocycles. The smallest absolute Gasteiger partial charge is 0.140 e. The Kier molecular flexibility index (Phi) is 3.48. The van der Waals surface area contributed by atoms with Crippen LogP contribution in [0.2, 0.25) is 0 Å². The van der Waals surface area contributed by atoms with Crippen molar-refractivity contribution in [1.29, 1.82) is 5.26 Å². The zero-order valence-corrected chi connectivity index (χ0v) is 11.9. The Bertz CT molecular complexity index is 611. The predicted octanol–water partition coefficient (Wildman–Crippen LogP) is 2.90. The molecule has 0 fully saturated rings. The number of nitriles is 1. The van der Waals surface area contributed by atoms with Crippen LogP contribution in [0, 0.1) is 31.1 Å². The summed E-state index contributed by atoms with van der Waals surface area (Å²) in [4.78, 5) is 13.0. The topological polar surface area (TPSA) is 52.8 Å². The van der Waals surface area contributed by atoms with Gasteiger partial charge in [0.25, 0.3) is 0 Å². The number of fused-ring (bicyclic) bond motifs is 1. The zero-order chi connectivity index (χ0) is 13.3. The summed E-state index contributed by atoms with van der Waals surface area (Å²) in [5.74, 6) is 0.906. The Labute approximate surface area is 111 Å². The third-order valence-corrected chi connectivity index (χ3v) is 4.19. The first-order valence-corrected chi connectivity index (χ1v) is 6.67. The van der Waals surface area contributed by atoms with Crippen molar-refractivity contribution in [1.82, 2.24) is 9.97 Å². The fourth-order valence-electron chi connectivity index (χ4n) is 1.99. The van der Waals surface area contributed by atoms with E-state index in [9.17, 15) is 0 Å². The first-order chi connectivity index (χ1) is 8.54. The summed E-state index contributed by atoms with van der Waals surface area (Å²) in [7, 11) is 1.97. The maximum Gasteiger partial charge on any atom is 0.140 e. The van der Waals surface area contributed by atoms with Crippen LogP contribution < -0.4 is 4.90 Å². The fourth-order valence-corrected chi connectivity index (χ4v) is 2.98. The molecule has 4 nitrogen and oxygen atoms in total. The van der Waals surface area contributed by atoms with E-state index in [2.05, 4.69) is 29.9 Å². The lowest BCUT2D eigenvalue weighted by Gasteiger charge is -2.20. The van der Waals surface area contributed by atoms with Gasteiger partial charge in [-0.15, -0.1) is 11.3 Å². The normalized spacial score (nSPS) is 12.4. The second-order valence-corrected chi connectivity index (χ2v) is 5.77. The van der Waals surface area contributed by atoms with Gasteiger partial charge in [-0.2, -0.15) is 5.26 Å². The Hall–Kier alpha value is -1.67. The molecule has 94 valence electrons. The molecule has 0 bridgehead atoms. The number of nitrogens with zero attached hydrogens (tertiary/aromatic N) is 4. The number of hydrogen-bond acceptors (Lipinski definition) is 5. The zero-order valence-electron chi connectivity index (χ0n) is 11.1. The van der Waals surface area contributed by atoms with Crippen LogP contribution in [0.3, 0.4) is 0 Å². The van der Waals surface area contributed by atoms with Crippen molar-refractivity contribution in [2.75, 3.05) is 18.5 Å². The minimum absolute atomic E-state index is 0.0138. The number of rotatable bonds is 3. The molecule has 0 spiro atoms. The standard InChI is InChI=1S/C13H16N4S/c1-8(5-14)6-17(4)12-11-9(2)10(3)18-13(11)16-7-15-12/h7-8H,6H2,1-4H3. The maximum atomic E-state index is 8.90. The molecule has 18 heavy (non-hydrogen) atoms. The van der Waals surface area contributed by atoms with Crippen molar-refractivity contribution in [3.05, 3.63) is 16.8 Å². The van der Waals surface area contributed by atoms with Crippen LogP contribution in [0.4, 0.5) is 5.82 Å². The molecule has 1 unspecified atom stereocenters. The molecule has 0 aliphatic heterocycles. The minimum atomic E-state index is -0.0138. The van der Waals surface area contributed by atoms with E-state index < -0.39 is 0 Å². The average Bonchev–Trinajstić information content (AvgIpc) is 2.65. The largest absolute Gasteiger partial charge is 0.358 e. The summed E-state index contributed by atoms with van der Waals surface area (Å²) in [5.41, 5.74) is 1.24. The highest BCUT2D eigenvalue weighted by Gasteiger charge is 2.16. The lowest BCUT2D eigenvalue weighted by molar-refractivity contribution is 0.711. The molecule has 0 amide bonds.